The van der Waals surface area contributed by atoms with E-state index < -0.39 is 18.3 Å². The average Bonchev–Trinajstić information content (AvgIpc) is 3.22. The summed E-state index contributed by atoms with van der Waals surface area (Å²) in [5, 5.41) is 1.85. The van der Waals surface area contributed by atoms with Gasteiger partial charge in [-0.1, -0.05) is 29.8 Å². The van der Waals surface area contributed by atoms with E-state index in [1.807, 2.05) is 19.1 Å². The Kier molecular flexibility index (Phi) is 6.38. The van der Waals surface area contributed by atoms with Crippen LogP contribution in [0.4, 0.5) is 0 Å². The van der Waals surface area contributed by atoms with Gasteiger partial charge in [0.05, 0.1) is 18.3 Å². The minimum absolute atomic E-state index is 0.198. The monoisotopic (exact) mass is 467 g/mol. The zero-order valence-corrected chi connectivity index (χ0v) is 20.9. The van der Waals surface area contributed by atoms with Crippen molar-refractivity contribution in [3.8, 4) is 11.3 Å². The van der Waals surface area contributed by atoms with Crippen molar-refractivity contribution in [2.75, 3.05) is 7.11 Å². The van der Waals surface area contributed by atoms with Crippen LogP contribution in [0.1, 0.15) is 51.7 Å². The van der Waals surface area contributed by atoms with E-state index in [1.165, 1.54) is 7.11 Å². The van der Waals surface area contributed by atoms with Crippen LogP contribution in [0.3, 0.4) is 0 Å². The van der Waals surface area contributed by atoms with Crippen molar-refractivity contribution >= 4 is 41.1 Å². The maximum Gasteiger partial charge on any atom is 0.494 e. The molecule has 1 aliphatic heterocycles. The van der Waals surface area contributed by atoms with Gasteiger partial charge in [0, 0.05) is 28.0 Å². The number of rotatable bonds is 6. The zero-order valence-electron chi connectivity index (χ0n) is 20.2. The van der Waals surface area contributed by atoms with Crippen LogP contribution in [0.5, 0.6) is 0 Å². The molecule has 1 saturated heterocycles. The van der Waals surface area contributed by atoms with Gasteiger partial charge in [-0.15, -0.1) is 0 Å². The molecule has 0 unspecified atom stereocenters. The van der Waals surface area contributed by atoms with Crippen LogP contribution in [0, 0.1) is 6.92 Å². The number of methoxy groups -OCH3 is 1. The van der Waals surface area contributed by atoms with E-state index in [-0.39, 0.29) is 5.97 Å². The number of fused-ring (bicyclic) bond motifs is 1. The van der Waals surface area contributed by atoms with E-state index in [0.29, 0.717) is 12.8 Å². The standard InChI is InChI=1S/C26H31BClNO4/c1-16-14-17(10-12-21(16)28)24-19(8-7-9-23(30)31-6)20-15-18(11-13-22(20)29-24)27-32-25(2,3)26(4,5)33-27/h10-15,29H,7-9H2,1-6H3. The van der Waals surface area contributed by atoms with Crippen molar-refractivity contribution in [1.82, 2.24) is 4.98 Å². The summed E-state index contributed by atoms with van der Waals surface area (Å²) >= 11 is 6.27. The molecule has 33 heavy (non-hydrogen) atoms. The smallest absolute Gasteiger partial charge is 0.469 e. The van der Waals surface area contributed by atoms with Crippen LogP contribution in [0.25, 0.3) is 22.2 Å². The molecule has 1 fully saturated rings. The lowest BCUT2D eigenvalue weighted by Crippen LogP contribution is -2.41. The van der Waals surface area contributed by atoms with Crippen molar-refractivity contribution in [3.63, 3.8) is 0 Å². The number of halogens is 1. The summed E-state index contributed by atoms with van der Waals surface area (Å²) < 4.78 is 17.4. The maximum atomic E-state index is 11.7. The third-order valence-electron chi connectivity index (χ3n) is 6.94. The topological polar surface area (TPSA) is 60.6 Å². The Morgan fingerprint density at radius 2 is 1.79 bits per heavy atom. The molecule has 7 heteroatoms. The van der Waals surface area contributed by atoms with Crippen molar-refractivity contribution in [2.45, 2.75) is 65.1 Å². The maximum absolute atomic E-state index is 11.7. The first-order valence-corrected chi connectivity index (χ1v) is 11.7. The number of hydrogen-bond acceptors (Lipinski definition) is 4. The van der Waals surface area contributed by atoms with Crippen molar-refractivity contribution < 1.29 is 18.8 Å². The van der Waals surface area contributed by atoms with E-state index >= 15 is 0 Å². The first-order valence-electron chi connectivity index (χ1n) is 11.4. The molecular weight excluding hydrogens is 437 g/mol. The molecule has 0 aliphatic carbocycles. The summed E-state index contributed by atoms with van der Waals surface area (Å²) in [4.78, 5) is 15.3. The molecule has 4 rings (SSSR count). The first-order chi connectivity index (χ1) is 15.5. The predicted octanol–water partition coefficient (Wildman–Crippen LogP) is 5.59. The molecule has 0 spiro atoms. The molecular formula is C26H31BClNO4. The van der Waals surface area contributed by atoms with E-state index in [9.17, 15) is 4.79 Å². The summed E-state index contributed by atoms with van der Waals surface area (Å²) in [5.41, 5.74) is 5.50. The number of nitrogens with one attached hydrogen (secondary N) is 1. The molecule has 1 aromatic heterocycles. The number of H-pyrrole nitrogens is 1. The van der Waals surface area contributed by atoms with Gasteiger partial charge in [0.25, 0.3) is 0 Å². The fraction of sp³-hybridized carbons (Fsp3) is 0.423. The SMILES string of the molecule is COC(=O)CCCc1c(-c2ccc(Cl)c(C)c2)[nH]c2ccc(B3OC(C)(C)C(C)(C)O3)cc12. The van der Waals surface area contributed by atoms with Gasteiger partial charge < -0.3 is 19.0 Å². The molecule has 0 atom stereocenters. The third-order valence-corrected chi connectivity index (χ3v) is 7.36. The zero-order chi connectivity index (χ0) is 24.0. The number of carbonyl (C=O) groups excluding carboxylic acids is 1. The molecule has 5 nitrogen and oxygen atoms in total. The van der Waals surface area contributed by atoms with Crippen LogP contribution in [0.15, 0.2) is 36.4 Å². The van der Waals surface area contributed by atoms with Gasteiger partial charge in [-0.3, -0.25) is 4.79 Å². The normalized spacial score (nSPS) is 17.0. The van der Waals surface area contributed by atoms with Crippen LogP contribution < -0.4 is 5.46 Å². The molecule has 0 saturated carbocycles. The van der Waals surface area contributed by atoms with Gasteiger partial charge in [0.1, 0.15) is 0 Å². The van der Waals surface area contributed by atoms with Crippen LogP contribution in [0.2, 0.25) is 5.02 Å². The second-order valence-corrected chi connectivity index (χ2v) is 10.2. The number of aromatic nitrogens is 1. The summed E-state index contributed by atoms with van der Waals surface area (Å²) in [6, 6.07) is 12.3. The van der Waals surface area contributed by atoms with Gasteiger partial charge in [-0.25, -0.2) is 0 Å². The third kappa shape index (κ3) is 4.57. The van der Waals surface area contributed by atoms with E-state index in [4.69, 9.17) is 25.6 Å². The number of aromatic amines is 1. The van der Waals surface area contributed by atoms with E-state index in [0.717, 1.165) is 50.2 Å². The Hall–Kier alpha value is -2.28. The quantitative estimate of drug-likeness (QED) is 0.379. The highest BCUT2D eigenvalue weighted by atomic mass is 35.5. The minimum atomic E-state index is -0.432. The number of esters is 1. The molecule has 2 heterocycles. The highest BCUT2D eigenvalue weighted by molar-refractivity contribution is 6.62. The number of hydrogen-bond donors (Lipinski definition) is 1. The molecule has 0 amide bonds. The predicted molar refractivity (Wildman–Crippen MR) is 134 cm³/mol. The van der Waals surface area contributed by atoms with Crippen LogP contribution >= 0.6 is 11.6 Å². The van der Waals surface area contributed by atoms with Gasteiger partial charge in [-0.05, 0) is 87.8 Å². The first kappa shape index (κ1) is 23.9. The highest BCUT2D eigenvalue weighted by Crippen LogP contribution is 2.37. The lowest BCUT2D eigenvalue weighted by Gasteiger charge is -2.32. The fourth-order valence-electron chi connectivity index (χ4n) is 4.21. The number of aryl methyl sites for hydroxylation is 2. The van der Waals surface area contributed by atoms with Crippen molar-refractivity contribution in [2.24, 2.45) is 0 Å². The molecule has 0 bridgehead atoms. The van der Waals surface area contributed by atoms with E-state index in [2.05, 4.69) is 56.9 Å². The Labute approximate surface area is 200 Å². The largest absolute Gasteiger partial charge is 0.494 e. The highest BCUT2D eigenvalue weighted by Gasteiger charge is 2.51. The lowest BCUT2D eigenvalue weighted by molar-refractivity contribution is -0.140. The van der Waals surface area contributed by atoms with Crippen molar-refractivity contribution in [3.05, 3.63) is 52.5 Å². The number of ether oxygens (including phenoxy) is 1. The van der Waals surface area contributed by atoms with E-state index in [1.54, 1.807) is 0 Å². The minimum Gasteiger partial charge on any atom is -0.469 e. The van der Waals surface area contributed by atoms with Gasteiger partial charge in [0.2, 0.25) is 0 Å². The molecule has 1 N–H and O–H groups in total. The Bertz CT molecular complexity index is 1180. The van der Waals surface area contributed by atoms with Gasteiger partial charge in [-0.2, -0.15) is 0 Å². The van der Waals surface area contributed by atoms with Crippen molar-refractivity contribution in [1.29, 1.82) is 0 Å². The van der Waals surface area contributed by atoms with Crippen LogP contribution in [-0.4, -0.2) is 36.4 Å². The molecule has 2 aromatic carbocycles. The number of carbonyl (C=O) groups is 1. The molecule has 174 valence electrons. The average molecular weight is 468 g/mol. The second kappa shape index (κ2) is 8.82. The number of benzene rings is 2. The molecule has 1 aliphatic rings. The van der Waals surface area contributed by atoms with Gasteiger partial charge >= 0.3 is 13.1 Å². The van der Waals surface area contributed by atoms with Gasteiger partial charge in [0.15, 0.2) is 0 Å². The Morgan fingerprint density at radius 1 is 1.09 bits per heavy atom. The molecule has 3 aromatic rings. The summed E-state index contributed by atoms with van der Waals surface area (Å²) in [6.45, 7) is 10.2. The fourth-order valence-corrected chi connectivity index (χ4v) is 4.33. The summed E-state index contributed by atoms with van der Waals surface area (Å²) in [7, 11) is 0.991. The molecule has 0 radical (unpaired) electrons. The Morgan fingerprint density at radius 3 is 2.42 bits per heavy atom. The lowest BCUT2D eigenvalue weighted by atomic mass is 9.78. The second-order valence-electron chi connectivity index (χ2n) is 9.77. The summed E-state index contributed by atoms with van der Waals surface area (Å²) in [6.07, 6.45) is 1.80. The summed E-state index contributed by atoms with van der Waals surface area (Å²) in [5.74, 6) is -0.198. The van der Waals surface area contributed by atoms with Crippen LogP contribution in [-0.2, 0) is 25.3 Å². The Balaban J connectivity index is 1.76.